The third-order valence-corrected chi connectivity index (χ3v) is 6.48. The summed E-state index contributed by atoms with van der Waals surface area (Å²) in [6.07, 6.45) is 0. The molecule has 2 aromatic carbocycles. The Morgan fingerprint density at radius 3 is 1.25 bits per heavy atom. The molecule has 0 radical (unpaired) electrons. The second-order valence-corrected chi connectivity index (χ2v) is 8.57. The molecule has 0 aliphatic carbocycles. The number of carbonyl (C=O) groups excluding carboxylic acids is 4. The number of benzene rings is 2. The summed E-state index contributed by atoms with van der Waals surface area (Å²) in [5, 5.41) is 22.0. The summed E-state index contributed by atoms with van der Waals surface area (Å²) >= 11 is 0. The Morgan fingerprint density at radius 2 is 0.917 bits per heavy atom. The molecule has 1 fully saturated rings. The van der Waals surface area contributed by atoms with Gasteiger partial charge in [-0.2, -0.15) is 0 Å². The molecule has 3 aliphatic rings. The van der Waals surface area contributed by atoms with Crippen LogP contribution in [0.2, 0.25) is 0 Å². The number of non-ortho nitro benzene ring substituents is 2. The van der Waals surface area contributed by atoms with E-state index in [9.17, 15) is 39.4 Å². The van der Waals surface area contributed by atoms with Gasteiger partial charge in [-0.15, -0.1) is 0 Å². The molecule has 3 aliphatic heterocycles. The number of hydrogen-bond donors (Lipinski definition) is 0. The highest BCUT2D eigenvalue weighted by molar-refractivity contribution is 6.22. The van der Waals surface area contributed by atoms with Crippen LogP contribution in [0.4, 0.5) is 11.4 Å². The molecule has 2 aromatic rings. The van der Waals surface area contributed by atoms with Gasteiger partial charge in [-0.25, -0.2) is 0 Å². The van der Waals surface area contributed by atoms with E-state index in [0.717, 1.165) is 21.9 Å². The van der Waals surface area contributed by atoms with Crippen molar-refractivity contribution in [1.82, 2.24) is 19.6 Å². The van der Waals surface area contributed by atoms with Crippen molar-refractivity contribution in [1.29, 1.82) is 0 Å². The van der Waals surface area contributed by atoms with Gasteiger partial charge >= 0.3 is 0 Å². The van der Waals surface area contributed by atoms with Crippen LogP contribution < -0.4 is 0 Å². The molecule has 0 N–H and O–H groups in total. The number of nitrogens with zero attached hydrogens (tertiary/aromatic N) is 6. The number of rotatable bonds is 6. The van der Waals surface area contributed by atoms with Crippen molar-refractivity contribution < 1.29 is 29.0 Å². The molecule has 5 rings (SSSR count). The van der Waals surface area contributed by atoms with Crippen LogP contribution in [0.3, 0.4) is 0 Å². The van der Waals surface area contributed by atoms with Crippen molar-refractivity contribution in [2.45, 2.75) is 0 Å². The smallest absolute Gasteiger partial charge is 0.270 e. The first-order valence-corrected chi connectivity index (χ1v) is 10.9. The Bertz CT molecular complexity index is 1260. The molecule has 14 heteroatoms. The predicted octanol–water partition coefficient (Wildman–Crippen LogP) is 0.928. The van der Waals surface area contributed by atoms with Crippen molar-refractivity contribution in [3.05, 3.63) is 78.9 Å². The predicted molar refractivity (Wildman–Crippen MR) is 120 cm³/mol. The van der Waals surface area contributed by atoms with Gasteiger partial charge in [-0.3, -0.25) is 59.0 Å². The van der Waals surface area contributed by atoms with Gasteiger partial charge in [0, 0.05) is 50.4 Å². The van der Waals surface area contributed by atoms with Crippen LogP contribution in [0.25, 0.3) is 0 Å². The molecule has 0 aromatic heterocycles. The lowest BCUT2D eigenvalue weighted by molar-refractivity contribution is -0.385. The van der Waals surface area contributed by atoms with Crippen LogP contribution in [0.5, 0.6) is 0 Å². The number of carbonyl (C=O) groups is 4. The van der Waals surface area contributed by atoms with Crippen LogP contribution in [0.15, 0.2) is 36.4 Å². The fraction of sp³-hybridized carbons (Fsp3) is 0.273. The number of imide groups is 2. The number of amides is 4. The minimum absolute atomic E-state index is 0.00121. The summed E-state index contributed by atoms with van der Waals surface area (Å²) in [6.45, 7) is 1.74. The Hall–Kier alpha value is -4.56. The lowest BCUT2D eigenvalue weighted by Crippen LogP contribution is -2.53. The van der Waals surface area contributed by atoms with Gasteiger partial charge in [0.2, 0.25) is 0 Å². The van der Waals surface area contributed by atoms with E-state index in [0.29, 0.717) is 26.2 Å². The Labute approximate surface area is 202 Å². The first-order chi connectivity index (χ1) is 17.2. The van der Waals surface area contributed by atoms with Crippen molar-refractivity contribution in [2.75, 3.05) is 39.5 Å². The Morgan fingerprint density at radius 1 is 0.583 bits per heavy atom. The van der Waals surface area contributed by atoms with E-state index >= 15 is 0 Å². The lowest BCUT2D eigenvalue weighted by Gasteiger charge is -2.37. The third kappa shape index (κ3) is 3.77. The highest BCUT2D eigenvalue weighted by Gasteiger charge is 2.40. The average molecular weight is 494 g/mol. The number of hydrogen-bond acceptors (Lipinski definition) is 10. The molecule has 0 atom stereocenters. The van der Waals surface area contributed by atoms with Crippen LogP contribution in [-0.4, -0.2) is 92.6 Å². The van der Waals surface area contributed by atoms with Crippen molar-refractivity contribution in [2.24, 2.45) is 0 Å². The molecule has 184 valence electrons. The standard InChI is InChI=1S/C22H18N6O8/c29-19-15-3-1-13(27(33)34)9-17(15)21(31)25(19)11-23-5-7-24(8-6-23)12-26-20(30)16-4-2-14(28(35)36)10-18(16)22(26)32/h1-4,9-10H,5-8,11-12H2. The van der Waals surface area contributed by atoms with Gasteiger partial charge in [-0.05, 0) is 12.1 Å². The first kappa shape index (κ1) is 23.2. The van der Waals surface area contributed by atoms with E-state index < -0.39 is 33.5 Å². The summed E-state index contributed by atoms with van der Waals surface area (Å²) < 4.78 is 0. The molecule has 0 spiro atoms. The molecular weight excluding hydrogens is 476 g/mol. The van der Waals surface area contributed by atoms with Crippen molar-refractivity contribution in [3.8, 4) is 0 Å². The number of fused-ring (bicyclic) bond motifs is 2. The van der Waals surface area contributed by atoms with Gasteiger partial charge in [0.25, 0.3) is 35.0 Å². The zero-order valence-electron chi connectivity index (χ0n) is 18.7. The van der Waals surface area contributed by atoms with Gasteiger partial charge in [0.05, 0.1) is 45.4 Å². The van der Waals surface area contributed by atoms with Gasteiger partial charge < -0.3 is 0 Å². The number of nitro groups is 2. The SMILES string of the molecule is O=C1c2ccc([N+](=O)[O-])cc2C(=O)N1CN1CCN(CN2C(=O)c3ccc([N+](=O)[O-])cc3C2=O)CC1. The van der Waals surface area contributed by atoms with Crippen LogP contribution in [0, 0.1) is 20.2 Å². The van der Waals surface area contributed by atoms with E-state index in [1.807, 2.05) is 9.80 Å². The van der Waals surface area contributed by atoms with Crippen molar-refractivity contribution >= 4 is 35.0 Å². The largest absolute Gasteiger partial charge is 0.283 e. The molecule has 36 heavy (non-hydrogen) atoms. The van der Waals surface area contributed by atoms with E-state index in [-0.39, 0.29) is 47.0 Å². The summed E-state index contributed by atoms with van der Waals surface area (Å²) in [5.74, 6) is -2.23. The number of piperazine rings is 1. The first-order valence-electron chi connectivity index (χ1n) is 10.9. The average Bonchev–Trinajstić information content (AvgIpc) is 3.24. The highest BCUT2D eigenvalue weighted by Crippen LogP contribution is 2.28. The molecular formula is C22H18N6O8. The van der Waals surface area contributed by atoms with Gasteiger partial charge in [0.1, 0.15) is 0 Å². The quantitative estimate of drug-likeness (QED) is 0.320. The second-order valence-electron chi connectivity index (χ2n) is 8.57. The van der Waals surface area contributed by atoms with E-state index in [2.05, 4.69) is 0 Å². The maximum absolute atomic E-state index is 12.7. The normalized spacial score (nSPS) is 18.1. The topological polar surface area (TPSA) is 168 Å². The fourth-order valence-corrected chi connectivity index (χ4v) is 4.51. The van der Waals surface area contributed by atoms with E-state index in [4.69, 9.17) is 0 Å². The summed E-state index contributed by atoms with van der Waals surface area (Å²) in [4.78, 5) is 77.3. The monoisotopic (exact) mass is 494 g/mol. The van der Waals surface area contributed by atoms with Crippen molar-refractivity contribution in [3.63, 3.8) is 0 Å². The molecule has 14 nitrogen and oxygen atoms in total. The van der Waals surface area contributed by atoms with E-state index in [1.54, 1.807) is 0 Å². The minimum atomic E-state index is -0.629. The highest BCUT2D eigenvalue weighted by atomic mass is 16.6. The summed E-state index contributed by atoms with van der Waals surface area (Å²) in [6, 6.07) is 7.13. The Kier molecular flexibility index (Phi) is 5.53. The molecule has 0 saturated carbocycles. The third-order valence-electron chi connectivity index (χ3n) is 6.48. The Balaban J connectivity index is 1.19. The molecule has 3 heterocycles. The lowest BCUT2D eigenvalue weighted by atomic mass is 10.1. The zero-order valence-corrected chi connectivity index (χ0v) is 18.7. The maximum Gasteiger partial charge on any atom is 0.270 e. The molecule has 4 amide bonds. The maximum atomic E-state index is 12.7. The van der Waals surface area contributed by atoms with Crippen LogP contribution >= 0.6 is 0 Å². The fourth-order valence-electron chi connectivity index (χ4n) is 4.51. The minimum Gasteiger partial charge on any atom is -0.283 e. The molecule has 0 unspecified atom stereocenters. The van der Waals surface area contributed by atoms with Crippen LogP contribution in [0.1, 0.15) is 41.4 Å². The molecule has 0 bridgehead atoms. The summed E-state index contributed by atoms with van der Waals surface area (Å²) in [7, 11) is 0. The second kappa shape index (κ2) is 8.58. The summed E-state index contributed by atoms with van der Waals surface area (Å²) in [5.41, 5.74) is -0.302. The van der Waals surface area contributed by atoms with E-state index in [1.165, 1.54) is 24.3 Å². The zero-order chi connectivity index (χ0) is 25.7. The van der Waals surface area contributed by atoms with Crippen LogP contribution in [-0.2, 0) is 0 Å². The van der Waals surface area contributed by atoms with Gasteiger partial charge in [0.15, 0.2) is 0 Å². The molecule has 1 saturated heterocycles. The number of nitro benzene ring substituents is 2. The van der Waals surface area contributed by atoms with Gasteiger partial charge in [-0.1, -0.05) is 0 Å².